The van der Waals surface area contributed by atoms with Crippen molar-refractivity contribution in [1.29, 1.82) is 0 Å². The number of rotatable bonds is 9. The Balaban J connectivity index is 1.58. The van der Waals surface area contributed by atoms with Crippen LogP contribution in [-0.2, 0) is 28.6 Å². The van der Waals surface area contributed by atoms with Crippen molar-refractivity contribution in [2.45, 2.75) is 110 Å². The third kappa shape index (κ3) is 5.40. The number of carbonyl (C=O) groups excluding carboxylic acids is 3. The van der Waals surface area contributed by atoms with Crippen molar-refractivity contribution < 1.29 is 49.1 Å². The van der Waals surface area contributed by atoms with E-state index in [1.165, 1.54) is 0 Å². The van der Waals surface area contributed by atoms with Crippen molar-refractivity contribution in [2.24, 2.45) is 28.1 Å². The number of carbonyl (C=O) groups is 3. The van der Waals surface area contributed by atoms with Crippen LogP contribution in [0.4, 0.5) is 0 Å². The van der Waals surface area contributed by atoms with Crippen molar-refractivity contribution >= 4 is 25.0 Å². The van der Waals surface area contributed by atoms with E-state index in [4.69, 9.17) is 14.2 Å². The van der Waals surface area contributed by atoms with E-state index in [9.17, 15) is 34.9 Å². The van der Waals surface area contributed by atoms with Crippen LogP contribution in [0.2, 0.25) is 0 Å². The summed E-state index contributed by atoms with van der Waals surface area (Å²) in [7, 11) is 0.231. The number of aliphatic hydroxyl groups is 3. The normalized spacial score (nSPS) is 38.8. The maximum atomic E-state index is 14.7. The van der Waals surface area contributed by atoms with E-state index in [1.54, 1.807) is 58.9 Å². The minimum absolute atomic E-state index is 0.0440. The van der Waals surface area contributed by atoms with Crippen LogP contribution in [-0.4, -0.2) is 94.7 Å². The van der Waals surface area contributed by atoms with Crippen molar-refractivity contribution in [3.05, 3.63) is 47.0 Å². The highest BCUT2D eigenvalue weighted by Crippen LogP contribution is 2.67. The van der Waals surface area contributed by atoms with E-state index in [1.807, 2.05) is 19.9 Å². The van der Waals surface area contributed by atoms with E-state index in [0.29, 0.717) is 24.2 Å². The fourth-order valence-corrected chi connectivity index (χ4v) is 9.77. The van der Waals surface area contributed by atoms with E-state index in [-0.39, 0.29) is 38.2 Å². The highest BCUT2D eigenvalue weighted by molar-refractivity contribution is 6.39. The smallest absolute Gasteiger partial charge is 0.335 e. The predicted molar refractivity (Wildman–Crippen MR) is 172 cm³/mol. The van der Waals surface area contributed by atoms with Gasteiger partial charge in [0.1, 0.15) is 18.3 Å². The molecule has 1 aromatic carbocycles. The van der Waals surface area contributed by atoms with Crippen LogP contribution in [0.3, 0.4) is 0 Å². The molecule has 1 heterocycles. The molecule has 1 aliphatic heterocycles. The Morgan fingerprint density at radius 3 is 2.38 bits per heavy atom. The minimum atomic E-state index is -1.68. The highest BCUT2D eigenvalue weighted by Gasteiger charge is 2.73. The summed E-state index contributed by atoms with van der Waals surface area (Å²) >= 11 is 0. The van der Waals surface area contributed by atoms with Crippen LogP contribution in [0, 0.1) is 28.1 Å². The third-order valence-corrected chi connectivity index (χ3v) is 12.5. The number of hydrogen-bond acceptors (Lipinski definition) is 11. The number of esters is 2. The quantitative estimate of drug-likeness (QED) is 0.114. The van der Waals surface area contributed by atoms with Crippen LogP contribution in [0.5, 0.6) is 0 Å². The van der Waals surface area contributed by atoms with Crippen LogP contribution < -0.4 is 5.48 Å². The molecule has 2 saturated carbocycles. The Kier molecular flexibility index (Phi) is 9.64. The van der Waals surface area contributed by atoms with Gasteiger partial charge < -0.3 is 34.7 Å². The zero-order valence-electron chi connectivity index (χ0n) is 28.5. The summed E-state index contributed by atoms with van der Waals surface area (Å²) < 4.78 is 17.9. The predicted octanol–water partition coefficient (Wildman–Crippen LogP) is 2.18. The fraction of sp³-hybridized carbons (Fsp3) is 0.686. The number of hydrogen-bond donors (Lipinski definition) is 5. The maximum Gasteiger partial charge on any atom is 0.335 e. The second-order valence-electron chi connectivity index (χ2n) is 15.1. The number of fused-ring (bicyclic) bond motifs is 5. The van der Waals surface area contributed by atoms with Gasteiger partial charge in [-0.05, 0) is 54.7 Å². The van der Waals surface area contributed by atoms with E-state index >= 15 is 0 Å². The van der Waals surface area contributed by atoms with Gasteiger partial charge in [0.25, 0.3) is 0 Å². The van der Waals surface area contributed by atoms with Gasteiger partial charge in [0, 0.05) is 30.1 Å². The molecule has 3 fully saturated rings. The molecule has 1 aromatic rings. The number of aliphatic hydroxyl groups excluding tert-OH is 2. The molecule has 2 bridgehead atoms. The summed E-state index contributed by atoms with van der Waals surface area (Å²) in [6.45, 7) is 13.0. The van der Waals surface area contributed by atoms with Gasteiger partial charge in [-0.1, -0.05) is 65.0 Å². The average molecular weight is 656 g/mol. The summed E-state index contributed by atoms with van der Waals surface area (Å²) in [5.41, 5.74) is -1.20. The number of ether oxygens (including phenoxy) is 3. The fourth-order valence-electron chi connectivity index (χ4n) is 9.77. The minimum Gasteiger partial charge on any atom is -0.461 e. The van der Waals surface area contributed by atoms with Crippen LogP contribution in [0.15, 0.2) is 41.5 Å². The summed E-state index contributed by atoms with van der Waals surface area (Å²) in [6.07, 6.45) is -5.02. The lowest BCUT2D eigenvalue weighted by atomic mass is 9.40. The summed E-state index contributed by atoms with van der Waals surface area (Å²) in [5.74, 6) is -3.76. The largest absolute Gasteiger partial charge is 0.461 e. The Hall–Kier alpha value is -2.61. The summed E-state index contributed by atoms with van der Waals surface area (Å²) in [4.78, 5) is 41.0. The molecule has 11 nitrogen and oxygen atoms in total. The lowest BCUT2D eigenvalue weighted by molar-refractivity contribution is -0.303. The van der Waals surface area contributed by atoms with Gasteiger partial charge in [-0.2, -0.15) is 0 Å². The molecule has 12 heteroatoms. The maximum absolute atomic E-state index is 14.7. The molecular weight excluding hydrogens is 605 g/mol. The summed E-state index contributed by atoms with van der Waals surface area (Å²) in [6, 6.07) is 8.96. The molecule has 5 N–H and O–H groups in total. The number of Topliss-reactive ketones (excluding diaryl/α,β-unsaturated/α-hetero) is 1. The average Bonchev–Trinajstić information content (AvgIpc) is 3.03. The van der Waals surface area contributed by atoms with Crippen molar-refractivity contribution in [2.75, 3.05) is 13.1 Å². The molecule has 3 aliphatic carbocycles. The van der Waals surface area contributed by atoms with E-state index in [0.717, 1.165) is 0 Å². The number of hydroxylamine groups is 1. The molecule has 258 valence electrons. The van der Waals surface area contributed by atoms with Crippen molar-refractivity contribution in [1.82, 2.24) is 5.48 Å². The first-order valence-corrected chi connectivity index (χ1v) is 16.8. The zero-order chi connectivity index (χ0) is 34.7. The molecule has 11 atom stereocenters. The first-order valence-electron chi connectivity index (χ1n) is 16.8. The van der Waals surface area contributed by atoms with Gasteiger partial charge in [0.15, 0.2) is 19.2 Å². The van der Waals surface area contributed by atoms with Gasteiger partial charge in [0.05, 0.1) is 23.7 Å². The molecule has 0 unspecified atom stereocenters. The van der Waals surface area contributed by atoms with Gasteiger partial charge in [-0.3, -0.25) is 9.59 Å². The zero-order valence-corrected chi connectivity index (χ0v) is 28.5. The Bertz CT molecular complexity index is 1420. The van der Waals surface area contributed by atoms with E-state index < -0.39 is 81.6 Å². The Morgan fingerprint density at radius 1 is 1.15 bits per heavy atom. The molecule has 5 rings (SSSR count). The number of benzene rings is 1. The molecule has 47 heavy (non-hydrogen) atoms. The molecule has 0 radical (unpaired) electrons. The first kappa shape index (κ1) is 35.7. The first-order chi connectivity index (χ1) is 22.0. The van der Waals surface area contributed by atoms with Gasteiger partial charge in [-0.15, -0.1) is 0 Å². The molecular formula is C35H50BNO10. The van der Waals surface area contributed by atoms with Crippen molar-refractivity contribution in [3.63, 3.8) is 0 Å². The number of nitrogens with one attached hydrogen (secondary N) is 1. The van der Waals surface area contributed by atoms with E-state index in [2.05, 4.69) is 5.48 Å². The Labute approximate surface area is 277 Å². The summed E-state index contributed by atoms with van der Waals surface area (Å²) in [5, 5.41) is 45.5. The standard InChI is InChI=1S/C35H50BNO10/c1-8-24(38)47-23-14-22-33(6,16-45-22)29-19(3)35(43)15-21(18(2)25(32(35,4)5)27(39)30(41)34(23,29)7)46-31(42)28(40)26(36-17-37-44)20-12-10-9-11-13-20/h9-13,19,21-23,26-29,36-37,39-40,43-44H,8,14-17H2,1-7H3/t19-,21-,22+,23-,26-,27+,28+,29+,33+,34+,35+/m0/s1. The lowest BCUT2D eigenvalue weighted by Crippen LogP contribution is -2.75. The Morgan fingerprint density at radius 2 is 1.81 bits per heavy atom. The molecule has 0 amide bonds. The molecule has 4 aliphatic rings. The van der Waals surface area contributed by atoms with Crippen LogP contribution >= 0.6 is 0 Å². The topological polar surface area (TPSA) is 172 Å². The highest BCUT2D eigenvalue weighted by atomic mass is 16.6. The second kappa shape index (κ2) is 12.7. The van der Waals surface area contributed by atoms with Crippen LogP contribution in [0.1, 0.15) is 79.1 Å². The lowest BCUT2D eigenvalue weighted by Gasteiger charge is -2.68. The molecule has 1 saturated heterocycles. The van der Waals surface area contributed by atoms with Crippen molar-refractivity contribution in [3.8, 4) is 0 Å². The third-order valence-electron chi connectivity index (χ3n) is 12.5. The number of ketones is 1. The second-order valence-corrected chi connectivity index (χ2v) is 15.1. The molecule has 0 spiro atoms. The van der Waals surface area contributed by atoms with Gasteiger partial charge >= 0.3 is 11.9 Å². The SMILES string of the molecule is CCC(=O)O[C@H]1C[C@H]2OC[C@@]2(C)[C@H]2[C@H](C)[C@]3(O)C[C@H](OC(=O)[C@H](O)[C@@H](BCNO)c4ccccc4)C(C)=C([C@@H](O)C(=O)[C@]12C)C3(C)C. The monoisotopic (exact) mass is 655 g/mol. The molecule has 0 aromatic heterocycles. The van der Waals surface area contributed by atoms with Crippen LogP contribution in [0.25, 0.3) is 0 Å². The van der Waals surface area contributed by atoms with Gasteiger partial charge in [0.2, 0.25) is 0 Å². The van der Waals surface area contributed by atoms with Gasteiger partial charge in [-0.25, -0.2) is 10.3 Å².